The molecule has 0 bridgehead atoms. The quantitative estimate of drug-likeness (QED) is 0.761. The molecule has 1 unspecified atom stereocenters. The van der Waals surface area contributed by atoms with E-state index in [2.05, 4.69) is 11.9 Å². The van der Waals surface area contributed by atoms with E-state index in [-0.39, 0.29) is 12.4 Å². The van der Waals surface area contributed by atoms with Gasteiger partial charge in [0.15, 0.2) is 0 Å². The molecule has 21 heavy (non-hydrogen) atoms. The molecule has 0 spiro atoms. The van der Waals surface area contributed by atoms with Crippen molar-refractivity contribution in [3.05, 3.63) is 24.3 Å². The summed E-state index contributed by atoms with van der Waals surface area (Å²) < 4.78 is 11.2. The molecule has 0 amide bonds. The van der Waals surface area contributed by atoms with Crippen LogP contribution in [0.25, 0.3) is 0 Å². The SMILES string of the molecule is CCOc1ccc(OCCN(C)C(CN)C2CC2)cc1.Cl. The second-order valence-corrected chi connectivity index (χ2v) is 5.37. The number of rotatable bonds is 9. The van der Waals surface area contributed by atoms with Crippen molar-refractivity contribution in [3.63, 3.8) is 0 Å². The number of benzene rings is 1. The second kappa shape index (κ2) is 9.13. The summed E-state index contributed by atoms with van der Waals surface area (Å²) >= 11 is 0. The van der Waals surface area contributed by atoms with E-state index in [1.54, 1.807) is 0 Å². The van der Waals surface area contributed by atoms with E-state index in [1.807, 2.05) is 31.2 Å². The molecule has 1 aromatic rings. The van der Waals surface area contributed by atoms with Crippen LogP contribution in [0.2, 0.25) is 0 Å². The maximum absolute atomic E-state index is 5.85. The Hall–Kier alpha value is -0.970. The molecule has 4 nitrogen and oxygen atoms in total. The first kappa shape index (κ1) is 18.1. The number of halogens is 1. The summed E-state index contributed by atoms with van der Waals surface area (Å²) in [5, 5.41) is 0. The second-order valence-electron chi connectivity index (χ2n) is 5.37. The van der Waals surface area contributed by atoms with Crippen molar-refractivity contribution < 1.29 is 9.47 Å². The Morgan fingerprint density at radius 2 is 1.76 bits per heavy atom. The lowest BCUT2D eigenvalue weighted by molar-refractivity contribution is 0.180. The zero-order chi connectivity index (χ0) is 14.4. The largest absolute Gasteiger partial charge is 0.494 e. The van der Waals surface area contributed by atoms with Gasteiger partial charge in [-0.3, -0.25) is 4.90 Å². The lowest BCUT2D eigenvalue weighted by atomic mass is 10.1. The van der Waals surface area contributed by atoms with Gasteiger partial charge in [-0.2, -0.15) is 0 Å². The molecule has 1 saturated carbocycles. The summed E-state index contributed by atoms with van der Waals surface area (Å²) in [5.74, 6) is 2.57. The van der Waals surface area contributed by atoms with Crippen molar-refractivity contribution >= 4 is 12.4 Å². The van der Waals surface area contributed by atoms with Crippen LogP contribution in [0.4, 0.5) is 0 Å². The molecule has 0 aliphatic heterocycles. The summed E-state index contributed by atoms with van der Waals surface area (Å²) in [7, 11) is 2.14. The van der Waals surface area contributed by atoms with Gasteiger partial charge in [0.2, 0.25) is 0 Å². The van der Waals surface area contributed by atoms with E-state index in [0.717, 1.165) is 30.5 Å². The highest BCUT2D eigenvalue weighted by molar-refractivity contribution is 5.85. The number of hydrogen-bond donors (Lipinski definition) is 1. The predicted molar refractivity (Wildman–Crippen MR) is 88.6 cm³/mol. The van der Waals surface area contributed by atoms with Crippen molar-refractivity contribution in [1.29, 1.82) is 0 Å². The summed E-state index contributed by atoms with van der Waals surface area (Å²) in [6.07, 6.45) is 2.65. The van der Waals surface area contributed by atoms with Gasteiger partial charge < -0.3 is 15.2 Å². The average molecular weight is 315 g/mol. The van der Waals surface area contributed by atoms with Gasteiger partial charge in [0.25, 0.3) is 0 Å². The van der Waals surface area contributed by atoms with Gasteiger partial charge in [0.05, 0.1) is 6.61 Å². The van der Waals surface area contributed by atoms with E-state index < -0.39 is 0 Å². The van der Waals surface area contributed by atoms with Gasteiger partial charge in [0, 0.05) is 19.1 Å². The van der Waals surface area contributed by atoms with E-state index >= 15 is 0 Å². The summed E-state index contributed by atoms with van der Waals surface area (Å²) in [6.45, 7) is 5.00. The molecule has 5 heteroatoms. The number of likely N-dealkylation sites (N-methyl/N-ethyl adjacent to an activating group) is 1. The molecule has 1 fully saturated rings. The topological polar surface area (TPSA) is 47.7 Å². The number of nitrogens with zero attached hydrogens (tertiary/aromatic N) is 1. The monoisotopic (exact) mass is 314 g/mol. The molecule has 1 aromatic carbocycles. The molecule has 1 aliphatic rings. The fourth-order valence-electron chi connectivity index (χ4n) is 2.49. The standard InChI is InChI=1S/C16H26N2O2.ClH/c1-3-19-14-6-8-15(9-7-14)20-11-10-18(2)16(12-17)13-4-5-13;/h6-9,13,16H,3-5,10-12,17H2,1-2H3;1H. The fourth-order valence-corrected chi connectivity index (χ4v) is 2.49. The van der Waals surface area contributed by atoms with Gasteiger partial charge in [-0.15, -0.1) is 12.4 Å². The Morgan fingerprint density at radius 1 is 1.19 bits per heavy atom. The van der Waals surface area contributed by atoms with Gasteiger partial charge in [-0.25, -0.2) is 0 Å². The minimum atomic E-state index is 0. The highest BCUT2D eigenvalue weighted by atomic mass is 35.5. The van der Waals surface area contributed by atoms with E-state index in [1.165, 1.54) is 12.8 Å². The summed E-state index contributed by atoms with van der Waals surface area (Å²) in [5.41, 5.74) is 5.85. The zero-order valence-corrected chi connectivity index (χ0v) is 13.8. The molecule has 0 saturated heterocycles. The lowest BCUT2D eigenvalue weighted by Crippen LogP contribution is -2.41. The Bertz CT molecular complexity index is 396. The van der Waals surface area contributed by atoms with Crippen LogP contribution < -0.4 is 15.2 Å². The average Bonchev–Trinajstić information content (AvgIpc) is 3.27. The van der Waals surface area contributed by atoms with Crippen molar-refractivity contribution in [2.24, 2.45) is 11.7 Å². The van der Waals surface area contributed by atoms with Crippen molar-refractivity contribution in [2.45, 2.75) is 25.8 Å². The van der Waals surface area contributed by atoms with Gasteiger partial charge >= 0.3 is 0 Å². The van der Waals surface area contributed by atoms with Crippen molar-refractivity contribution in [3.8, 4) is 11.5 Å². The minimum absolute atomic E-state index is 0. The third-order valence-corrected chi connectivity index (χ3v) is 3.82. The van der Waals surface area contributed by atoms with Gasteiger partial charge in [-0.1, -0.05) is 0 Å². The summed E-state index contributed by atoms with van der Waals surface area (Å²) in [4.78, 5) is 2.33. The predicted octanol–water partition coefficient (Wildman–Crippen LogP) is 2.56. The van der Waals surface area contributed by atoms with Crippen LogP contribution in [0.1, 0.15) is 19.8 Å². The molecule has 0 heterocycles. The molecular formula is C16H27ClN2O2. The third-order valence-electron chi connectivity index (χ3n) is 3.82. The first-order chi connectivity index (χ1) is 9.74. The van der Waals surface area contributed by atoms with Crippen LogP contribution in [-0.2, 0) is 0 Å². The van der Waals surface area contributed by atoms with E-state index in [0.29, 0.717) is 19.3 Å². The molecule has 2 N–H and O–H groups in total. The van der Waals surface area contributed by atoms with Crippen LogP contribution in [0, 0.1) is 5.92 Å². The van der Waals surface area contributed by atoms with Crippen LogP contribution in [-0.4, -0.2) is 44.3 Å². The number of ether oxygens (including phenoxy) is 2. The van der Waals surface area contributed by atoms with Crippen molar-refractivity contribution in [2.75, 3.05) is 33.4 Å². The highest BCUT2D eigenvalue weighted by Gasteiger charge is 2.32. The van der Waals surface area contributed by atoms with E-state index in [9.17, 15) is 0 Å². The molecule has 120 valence electrons. The Balaban J connectivity index is 0.00000220. The molecular weight excluding hydrogens is 288 g/mol. The molecule has 0 radical (unpaired) electrons. The van der Waals surface area contributed by atoms with Crippen LogP contribution in [0.15, 0.2) is 24.3 Å². The zero-order valence-electron chi connectivity index (χ0n) is 13.0. The third kappa shape index (κ3) is 5.73. The normalized spacial score (nSPS) is 15.4. The number of hydrogen-bond acceptors (Lipinski definition) is 4. The Morgan fingerprint density at radius 3 is 2.24 bits per heavy atom. The lowest BCUT2D eigenvalue weighted by Gasteiger charge is -2.26. The van der Waals surface area contributed by atoms with Gasteiger partial charge in [-0.05, 0) is 57.0 Å². The fraction of sp³-hybridized carbons (Fsp3) is 0.625. The maximum atomic E-state index is 5.85. The van der Waals surface area contributed by atoms with Crippen LogP contribution in [0.5, 0.6) is 11.5 Å². The molecule has 1 aliphatic carbocycles. The first-order valence-corrected chi connectivity index (χ1v) is 7.50. The molecule has 1 atom stereocenters. The number of nitrogens with two attached hydrogens (primary N) is 1. The van der Waals surface area contributed by atoms with Crippen molar-refractivity contribution in [1.82, 2.24) is 4.90 Å². The highest BCUT2D eigenvalue weighted by Crippen LogP contribution is 2.34. The molecule has 0 aromatic heterocycles. The van der Waals surface area contributed by atoms with Crippen LogP contribution in [0.3, 0.4) is 0 Å². The smallest absolute Gasteiger partial charge is 0.119 e. The maximum Gasteiger partial charge on any atom is 0.119 e. The van der Waals surface area contributed by atoms with Crippen LogP contribution >= 0.6 is 12.4 Å². The Labute approximate surface area is 134 Å². The Kier molecular flexibility index (Phi) is 7.86. The molecule has 2 rings (SSSR count). The van der Waals surface area contributed by atoms with E-state index in [4.69, 9.17) is 15.2 Å². The minimum Gasteiger partial charge on any atom is -0.494 e. The first-order valence-electron chi connectivity index (χ1n) is 7.50. The summed E-state index contributed by atoms with van der Waals surface area (Å²) in [6, 6.07) is 8.29. The van der Waals surface area contributed by atoms with Gasteiger partial charge in [0.1, 0.15) is 18.1 Å².